The number of hydrogen-bond donors (Lipinski definition) is 0. The minimum absolute atomic E-state index is 0.147. The van der Waals surface area contributed by atoms with Crippen LogP contribution in [-0.4, -0.2) is 31.4 Å². The van der Waals surface area contributed by atoms with E-state index >= 15 is 0 Å². The molecule has 1 aliphatic heterocycles. The van der Waals surface area contributed by atoms with E-state index in [2.05, 4.69) is 0 Å². The quantitative estimate of drug-likeness (QED) is 0.558. The molecule has 3 aromatic carbocycles. The van der Waals surface area contributed by atoms with Crippen LogP contribution in [0.2, 0.25) is 0 Å². The summed E-state index contributed by atoms with van der Waals surface area (Å²) in [6.45, 7) is -0.223. The molecular formula is C24H20FNO4. The summed E-state index contributed by atoms with van der Waals surface area (Å²) in [6.07, 6.45) is 0. The summed E-state index contributed by atoms with van der Waals surface area (Å²) < 4.78 is 23.8. The van der Waals surface area contributed by atoms with Crippen molar-refractivity contribution in [1.29, 1.82) is 0 Å². The molecule has 30 heavy (non-hydrogen) atoms. The lowest BCUT2D eigenvalue weighted by atomic mass is 9.79. The first-order chi connectivity index (χ1) is 14.6. The van der Waals surface area contributed by atoms with E-state index in [1.54, 1.807) is 43.5 Å². The zero-order valence-corrected chi connectivity index (χ0v) is 16.3. The van der Waals surface area contributed by atoms with Gasteiger partial charge in [-0.2, -0.15) is 0 Å². The van der Waals surface area contributed by atoms with Crippen LogP contribution in [0.15, 0.2) is 78.9 Å². The summed E-state index contributed by atoms with van der Waals surface area (Å²) in [5, 5.41) is 0. The highest BCUT2D eigenvalue weighted by Crippen LogP contribution is 2.40. The van der Waals surface area contributed by atoms with Gasteiger partial charge in [0.1, 0.15) is 30.0 Å². The summed E-state index contributed by atoms with van der Waals surface area (Å²) in [4.78, 5) is 27.6. The Morgan fingerprint density at radius 1 is 0.933 bits per heavy atom. The van der Waals surface area contributed by atoms with Gasteiger partial charge in [-0.25, -0.2) is 4.39 Å². The van der Waals surface area contributed by atoms with Crippen LogP contribution < -0.4 is 14.4 Å². The Labute approximate surface area is 173 Å². The molecule has 1 aliphatic rings. The minimum Gasteiger partial charge on any atom is -0.497 e. The predicted molar refractivity (Wildman–Crippen MR) is 110 cm³/mol. The molecule has 0 radical (unpaired) electrons. The first-order valence-corrected chi connectivity index (χ1v) is 9.51. The highest BCUT2D eigenvalue weighted by molar-refractivity contribution is 6.15. The number of β-lactam (4-membered cyclic amide) rings is 1. The van der Waals surface area contributed by atoms with E-state index < -0.39 is 12.0 Å². The van der Waals surface area contributed by atoms with E-state index in [-0.39, 0.29) is 24.1 Å². The normalized spacial score (nSPS) is 17.9. The van der Waals surface area contributed by atoms with Gasteiger partial charge in [0.25, 0.3) is 0 Å². The summed E-state index contributed by atoms with van der Waals surface area (Å²) in [7, 11) is 1.57. The topological polar surface area (TPSA) is 55.8 Å². The highest BCUT2D eigenvalue weighted by Gasteiger charge is 2.52. The molecule has 0 spiro atoms. The van der Waals surface area contributed by atoms with Gasteiger partial charge in [0.2, 0.25) is 5.91 Å². The summed E-state index contributed by atoms with van der Waals surface area (Å²) in [6, 6.07) is 21.0. The molecular weight excluding hydrogens is 385 g/mol. The van der Waals surface area contributed by atoms with Crippen molar-refractivity contribution in [2.75, 3.05) is 18.6 Å². The first-order valence-electron chi connectivity index (χ1n) is 9.51. The number of Topliss-reactive ketones (excluding diaryl/α,β-unsaturated/α-hetero) is 1. The standard InChI is InChI=1S/C24H20FNO4/c1-29-19-11-7-16(8-12-19)22-23(26(24(22)28)18-5-3-2-4-6-18)21(27)15-30-20-13-9-17(25)10-14-20/h2-14,22-23H,15H2,1H3/t22-,23+/m0/s1. The molecule has 0 aromatic heterocycles. The smallest absolute Gasteiger partial charge is 0.237 e. The number of carbonyl (C=O) groups excluding carboxylic acids is 2. The SMILES string of the molecule is COc1ccc([C@@H]2C(=O)N(c3ccccc3)[C@@H]2C(=O)COc2ccc(F)cc2)cc1. The van der Waals surface area contributed by atoms with E-state index in [1.165, 1.54) is 29.2 Å². The van der Waals surface area contributed by atoms with Crippen molar-refractivity contribution < 1.29 is 23.5 Å². The van der Waals surface area contributed by atoms with Crippen molar-refractivity contribution in [3.05, 3.63) is 90.2 Å². The van der Waals surface area contributed by atoms with Crippen molar-refractivity contribution in [2.45, 2.75) is 12.0 Å². The van der Waals surface area contributed by atoms with Gasteiger partial charge >= 0.3 is 0 Å². The van der Waals surface area contributed by atoms with Gasteiger partial charge in [-0.1, -0.05) is 30.3 Å². The Bertz CT molecular complexity index is 1040. The van der Waals surface area contributed by atoms with Crippen LogP contribution in [0.1, 0.15) is 11.5 Å². The molecule has 3 aromatic rings. The fourth-order valence-electron chi connectivity index (χ4n) is 3.60. The number of nitrogens with zero attached hydrogens (tertiary/aromatic N) is 1. The molecule has 6 heteroatoms. The molecule has 152 valence electrons. The average Bonchev–Trinajstić information content (AvgIpc) is 2.78. The molecule has 2 atom stereocenters. The molecule has 5 nitrogen and oxygen atoms in total. The lowest BCUT2D eigenvalue weighted by Gasteiger charge is -2.46. The second-order valence-electron chi connectivity index (χ2n) is 6.95. The Kier molecular flexibility index (Phi) is 5.48. The van der Waals surface area contributed by atoms with Crippen molar-refractivity contribution in [2.24, 2.45) is 0 Å². The number of amides is 1. The van der Waals surface area contributed by atoms with E-state index in [0.29, 0.717) is 17.2 Å². The number of halogens is 1. The van der Waals surface area contributed by atoms with Crippen LogP contribution in [0.3, 0.4) is 0 Å². The van der Waals surface area contributed by atoms with Crippen molar-refractivity contribution in [1.82, 2.24) is 0 Å². The number of benzene rings is 3. The maximum Gasteiger partial charge on any atom is 0.237 e. The summed E-state index contributed by atoms with van der Waals surface area (Å²) in [5.74, 6) is -0.292. The second kappa shape index (κ2) is 8.37. The number of anilines is 1. The molecule has 1 fully saturated rings. The van der Waals surface area contributed by atoms with Gasteiger partial charge in [-0.3, -0.25) is 9.59 Å². The third-order valence-corrected chi connectivity index (χ3v) is 5.13. The minimum atomic E-state index is -0.686. The third-order valence-electron chi connectivity index (χ3n) is 5.13. The molecule has 0 unspecified atom stereocenters. The third kappa shape index (κ3) is 3.76. The Morgan fingerprint density at radius 2 is 1.57 bits per heavy atom. The van der Waals surface area contributed by atoms with Gasteiger partial charge < -0.3 is 14.4 Å². The van der Waals surface area contributed by atoms with Crippen molar-refractivity contribution in [3.63, 3.8) is 0 Å². The molecule has 1 amide bonds. The van der Waals surface area contributed by atoms with Gasteiger partial charge in [-0.05, 0) is 54.1 Å². The monoisotopic (exact) mass is 405 g/mol. The lowest BCUT2D eigenvalue weighted by molar-refractivity contribution is -0.135. The molecule has 1 saturated heterocycles. The van der Waals surface area contributed by atoms with Gasteiger partial charge in [0.05, 0.1) is 13.0 Å². The van der Waals surface area contributed by atoms with Crippen LogP contribution in [0.25, 0.3) is 0 Å². The van der Waals surface area contributed by atoms with E-state index in [1.807, 2.05) is 18.2 Å². The molecule has 4 rings (SSSR count). The zero-order valence-electron chi connectivity index (χ0n) is 16.3. The maximum atomic E-state index is 13.1. The Hall–Kier alpha value is -3.67. The number of hydrogen-bond acceptors (Lipinski definition) is 4. The van der Waals surface area contributed by atoms with E-state index in [9.17, 15) is 14.0 Å². The average molecular weight is 405 g/mol. The number of ether oxygens (including phenoxy) is 2. The number of rotatable bonds is 7. The van der Waals surface area contributed by atoms with E-state index in [4.69, 9.17) is 9.47 Å². The predicted octanol–water partition coefficient (Wildman–Crippen LogP) is 3.98. The largest absolute Gasteiger partial charge is 0.497 e. The zero-order chi connectivity index (χ0) is 21.1. The van der Waals surface area contributed by atoms with Gasteiger partial charge in [0.15, 0.2) is 5.78 Å². The summed E-state index contributed by atoms with van der Waals surface area (Å²) >= 11 is 0. The molecule has 0 aliphatic carbocycles. The van der Waals surface area contributed by atoms with Gasteiger partial charge in [-0.15, -0.1) is 0 Å². The van der Waals surface area contributed by atoms with Crippen LogP contribution in [-0.2, 0) is 9.59 Å². The fourth-order valence-corrected chi connectivity index (χ4v) is 3.60. The molecule has 0 N–H and O–H groups in total. The van der Waals surface area contributed by atoms with E-state index in [0.717, 1.165) is 5.56 Å². The first kappa shape index (κ1) is 19.6. The van der Waals surface area contributed by atoms with Crippen LogP contribution in [0, 0.1) is 5.82 Å². The number of carbonyl (C=O) groups is 2. The van der Waals surface area contributed by atoms with Crippen molar-refractivity contribution >= 4 is 17.4 Å². The maximum absolute atomic E-state index is 13.1. The Morgan fingerprint density at radius 3 is 2.20 bits per heavy atom. The van der Waals surface area contributed by atoms with Crippen LogP contribution in [0.4, 0.5) is 10.1 Å². The number of ketones is 1. The molecule has 0 saturated carbocycles. The highest BCUT2D eigenvalue weighted by atomic mass is 19.1. The van der Waals surface area contributed by atoms with Crippen molar-refractivity contribution in [3.8, 4) is 11.5 Å². The molecule has 1 heterocycles. The lowest BCUT2D eigenvalue weighted by Crippen LogP contribution is -2.64. The number of para-hydroxylation sites is 1. The molecule has 0 bridgehead atoms. The Balaban J connectivity index is 1.58. The number of methoxy groups -OCH3 is 1. The van der Waals surface area contributed by atoms with Crippen LogP contribution >= 0.6 is 0 Å². The second-order valence-corrected chi connectivity index (χ2v) is 6.95. The fraction of sp³-hybridized carbons (Fsp3) is 0.167. The van der Waals surface area contributed by atoms with Crippen LogP contribution in [0.5, 0.6) is 11.5 Å². The van der Waals surface area contributed by atoms with Gasteiger partial charge in [0, 0.05) is 5.69 Å². The summed E-state index contributed by atoms with van der Waals surface area (Å²) in [5.41, 5.74) is 1.40.